The molecule has 1 N–H and O–H groups in total. The molecule has 0 aliphatic heterocycles. The molecule has 1 unspecified atom stereocenters. The number of rotatable bonds is 7. The van der Waals surface area contributed by atoms with E-state index in [1.54, 1.807) is 0 Å². The number of ether oxygens (including phenoxy) is 1. The Labute approximate surface area is 114 Å². The molecular formula is C13H22ClN3O. The zero-order valence-electron chi connectivity index (χ0n) is 11.5. The highest BCUT2D eigenvalue weighted by Crippen LogP contribution is 2.14. The lowest BCUT2D eigenvalue weighted by Gasteiger charge is -2.13. The van der Waals surface area contributed by atoms with Gasteiger partial charge in [-0.3, -0.25) is 0 Å². The van der Waals surface area contributed by atoms with Crippen molar-refractivity contribution in [2.75, 3.05) is 18.5 Å². The van der Waals surface area contributed by atoms with Crippen LogP contribution in [0.2, 0.25) is 0 Å². The number of halogens is 1. The minimum absolute atomic E-state index is 0.0876. The van der Waals surface area contributed by atoms with E-state index in [2.05, 4.69) is 29.1 Å². The summed E-state index contributed by atoms with van der Waals surface area (Å²) in [6.07, 6.45) is 0.971. The molecule has 0 radical (unpaired) electrons. The lowest BCUT2D eigenvalue weighted by molar-refractivity contribution is 0.326. The molecule has 0 aliphatic rings. The molecular weight excluding hydrogens is 250 g/mol. The Hall–Kier alpha value is -1.03. The van der Waals surface area contributed by atoms with Crippen molar-refractivity contribution in [3.05, 3.63) is 11.8 Å². The van der Waals surface area contributed by atoms with Gasteiger partial charge in [0.1, 0.15) is 0 Å². The number of hydrogen-bond donors (Lipinski definition) is 1. The van der Waals surface area contributed by atoms with Crippen molar-refractivity contribution >= 4 is 17.5 Å². The van der Waals surface area contributed by atoms with E-state index in [0.29, 0.717) is 30.9 Å². The zero-order valence-corrected chi connectivity index (χ0v) is 12.3. The smallest absolute Gasteiger partial charge is 0.226 e. The molecule has 1 rings (SSSR count). The van der Waals surface area contributed by atoms with Crippen molar-refractivity contribution in [1.82, 2.24) is 9.97 Å². The predicted molar refractivity (Wildman–Crippen MR) is 75.5 cm³/mol. The Morgan fingerprint density at radius 3 is 2.72 bits per heavy atom. The van der Waals surface area contributed by atoms with Crippen LogP contribution in [0.25, 0.3) is 0 Å². The third-order valence-corrected chi connectivity index (χ3v) is 2.66. The van der Waals surface area contributed by atoms with Crippen LogP contribution in [-0.2, 0) is 0 Å². The maximum absolute atomic E-state index is 6.22. The molecule has 0 saturated heterocycles. The van der Waals surface area contributed by atoms with Crippen LogP contribution in [-0.4, -0.2) is 28.5 Å². The highest BCUT2D eigenvalue weighted by Gasteiger charge is 2.09. The average molecular weight is 272 g/mol. The van der Waals surface area contributed by atoms with E-state index in [1.807, 2.05) is 19.9 Å². The van der Waals surface area contributed by atoms with Gasteiger partial charge in [0, 0.05) is 18.3 Å². The first-order chi connectivity index (χ1) is 8.51. The molecule has 1 atom stereocenters. The van der Waals surface area contributed by atoms with Crippen molar-refractivity contribution in [3.8, 4) is 5.88 Å². The summed E-state index contributed by atoms with van der Waals surface area (Å²) < 4.78 is 5.37. The van der Waals surface area contributed by atoms with Crippen LogP contribution in [0.15, 0.2) is 6.07 Å². The van der Waals surface area contributed by atoms with Crippen LogP contribution >= 0.6 is 11.6 Å². The van der Waals surface area contributed by atoms with Gasteiger partial charge >= 0.3 is 0 Å². The fourth-order valence-electron chi connectivity index (χ4n) is 1.64. The van der Waals surface area contributed by atoms with Crippen LogP contribution in [0.4, 0.5) is 5.95 Å². The van der Waals surface area contributed by atoms with Gasteiger partial charge in [0.2, 0.25) is 11.8 Å². The number of anilines is 1. The van der Waals surface area contributed by atoms with Crippen LogP contribution in [0.1, 0.15) is 32.9 Å². The van der Waals surface area contributed by atoms with Gasteiger partial charge in [-0.1, -0.05) is 13.8 Å². The van der Waals surface area contributed by atoms with Crippen LogP contribution in [0, 0.1) is 12.8 Å². The van der Waals surface area contributed by atoms with E-state index in [9.17, 15) is 0 Å². The lowest BCUT2D eigenvalue weighted by atomic mass is 10.1. The molecule has 0 fully saturated rings. The van der Waals surface area contributed by atoms with Crippen LogP contribution in [0.5, 0.6) is 5.88 Å². The Balaban J connectivity index is 2.56. The monoisotopic (exact) mass is 271 g/mol. The fourth-order valence-corrected chi connectivity index (χ4v) is 2.07. The molecule has 18 heavy (non-hydrogen) atoms. The van der Waals surface area contributed by atoms with E-state index in [4.69, 9.17) is 16.3 Å². The van der Waals surface area contributed by atoms with E-state index in [1.165, 1.54) is 0 Å². The average Bonchev–Trinajstić information content (AvgIpc) is 2.25. The Morgan fingerprint density at radius 2 is 2.11 bits per heavy atom. The molecule has 0 bridgehead atoms. The maximum Gasteiger partial charge on any atom is 0.226 e. The summed E-state index contributed by atoms with van der Waals surface area (Å²) >= 11 is 6.22. The molecule has 5 heteroatoms. The van der Waals surface area contributed by atoms with Crippen molar-refractivity contribution in [2.45, 2.75) is 39.5 Å². The molecule has 1 heterocycles. The van der Waals surface area contributed by atoms with Crippen molar-refractivity contribution < 1.29 is 4.74 Å². The minimum atomic E-state index is 0.0876. The Kier molecular flexibility index (Phi) is 6.19. The van der Waals surface area contributed by atoms with Gasteiger partial charge < -0.3 is 10.1 Å². The minimum Gasteiger partial charge on any atom is -0.478 e. The number of nitrogens with zero attached hydrogens (tertiary/aromatic N) is 2. The Morgan fingerprint density at radius 1 is 1.39 bits per heavy atom. The molecule has 0 spiro atoms. The first kappa shape index (κ1) is 15.0. The molecule has 0 amide bonds. The molecule has 1 aromatic rings. The predicted octanol–water partition coefficient (Wildman–Crippen LogP) is 3.25. The molecule has 1 aromatic heterocycles. The van der Waals surface area contributed by atoms with Gasteiger partial charge in [0.25, 0.3) is 0 Å². The number of hydrogen-bond acceptors (Lipinski definition) is 4. The van der Waals surface area contributed by atoms with Crippen molar-refractivity contribution in [2.24, 2.45) is 5.92 Å². The number of alkyl halides is 1. The van der Waals surface area contributed by atoms with E-state index in [-0.39, 0.29) is 5.38 Å². The van der Waals surface area contributed by atoms with Gasteiger partial charge in [-0.05, 0) is 26.2 Å². The number of nitrogens with one attached hydrogen (secondary N) is 1. The summed E-state index contributed by atoms with van der Waals surface area (Å²) in [6, 6.07) is 1.82. The normalized spacial score (nSPS) is 12.6. The van der Waals surface area contributed by atoms with Gasteiger partial charge in [0.15, 0.2) is 0 Å². The molecule has 0 aliphatic carbocycles. The van der Waals surface area contributed by atoms with Gasteiger partial charge in [-0.2, -0.15) is 4.98 Å². The summed E-state index contributed by atoms with van der Waals surface area (Å²) in [4.78, 5) is 8.58. The SMILES string of the molecule is CCOc1cc(C)nc(NCC(Cl)CC(C)C)n1. The third-order valence-electron chi connectivity index (χ3n) is 2.33. The largest absolute Gasteiger partial charge is 0.478 e. The first-order valence-electron chi connectivity index (χ1n) is 6.37. The molecule has 0 saturated carbocycles. The second kappa shape index (κ2) is 7.41. The summed E-state index contributed by atoms with van der Waals surface area (Å²) in [7, 11) is 0. The zero-order chi connectivity index (χ0) is 13.5. The molecule has 0 aromatic carbocycles. The van der Waals surface area contributed by atoms with Gasteiger partial charge in [0.05, 0.1) is 12.0 Å². The second-order valence-corrected chi connectivity index (χ2v) is 5.33. The van der Waals surface area contributed by atoms with Gasteiger partial charge in [-0.15, -0.1) is 11.6 Å². The maximum atomic E-state index is 6.22. The summed E-state index contributed by atoms with van der Waals surface area (Å²) in [5.74, 6) is 1.77. The van der Waals surface area contributed by atoms with Crippen LogP contribution in [0.3, 0.4) is 0 Å². The summed E-state index contributed by atoms with van der Waals surface area (Å²) in [5.41, 5.74) is 0.880. The molecule has 102 valence electrons. The number of aromatic nitrogens is 2. The van der Waals surface area contributed by atoms with Gasteiger partial charge in [-0.25, -0.2) is 4.98 Å². The lowest BCUT2D eigenvalue weighted by Crippen LogP contribution is -2.18. The first-order valence-corrected chi connectivity index (χ1v) is 6.81. The quantitative estimate of drug-likeness (QED) is 0.774. The Bertz CT molecular complexity index is 371. The summed E-state index contributed by atoms with van der Waals surface area (Å²) in [6.45, 7) is 9.43. The topological polar surface area (TPSA) is 47.0 Å². The second-order valence-electron chi connectivity index (χ2n) is 4.71. The standard InChI is InChI=1S/C13H22ClN3O/c1-5-18-12-7-10(4)16-13(17-12)15-8-11(14)6-9(2)3/h7,9,11H,5-6,8H2,1-4H3,(H,15,16,17). The number of aryl methyl sites for hydroxylation is 1. The fraction of sp³-hybridized carbons (Fsp3) is 0.692. The third kappa shape index (κ3) is 5.54. The highest BCUT2D eigenvalue weighted by molar-refractivity contribution is 6.20. The van der Waals surface area contributed by atoms with Crippen molar-refractivity contribution in [3.63, 3.8) is 0 Å². The van der Waals surface area contributed by atoms with E-state index in [0.717, 1.165) is 12.1 Å². The highest BCUT2D eigenvalue weighted by atomic mass is 35.5. The van der Waals surface area contributed by atoms with Crippen LogP contribution < -0.4 is 10.1 Å². The van der Waals surface area contributed by atoms with E-state index >= 15 is 0 Å². The summed E-state index contributed by atoms with van der Waals surface area (Å²) in [5, 5.41) is 3.24. The van der Waals surface area contributed by atoms with Crippen molar-refractivity contribution in [1.29, 1.82) is 0 Å². The molecule has 4 nitrogen and oxygen atoms in total. The van der Waals surface area contributed by atoms with E-state index < -0.39 is 0 Å².